The molecule has 1 aliphatic carbocycles. The lowest BCUT2D eigenvalue weighted by Crippen LogP contribution is -2.01. The van der Waals surface area contributed by atoms with E-state index >= 15 is 0 Å². The van der Waals surface area contributed by atoms with Crippen LogP contribution in [0.5, 0.6) is 11.5 Å². The highest BCUT2D eigenvalue weighted by molar-refractivity contribution is 6.05. The minimum Gasteiger partial charge on any atom is -0.497 e. The van der Waals surface area contributed by atoms with Crippen molar-refractivity contribution in [3.8, 4) is 33.8 Å². The Morgan fingerprint density at radius 3 is 2.44 bits per heavy atom. The van der Waals surface area contributed by atoms with Crippen LogP contribution in [0.15, 0.2) is 36.4 Å². The minimum atomic E-state index is 0.896. The third-order valence-electron chi connectivity index (χ3n) is 3.03. The lowest BCUT2D eigenvalue weighted by molar-refractivity contribution is 0.413. The van der Waals surface area contributed by atoms with Crippen LogP contribution < -0.4 is 9.47 Å². The Morgan fingerprint density at radius 1 is 0.812 bits per heavy atom. The molecule has 0 aromatic heterocycles. The maximum absolute atomic E-state index is 5.36. The number of fused-ring (bicyclic) bond motifs is 4. The van der Waals surface area contributed by atoms with E-state index in [-0.39, 0.29) is 0 Å². The van der Waals surface area contributed by atoms with E-state index in [0.29, 0.717) is 0 Å². The first-order valence-electron chi connectivity index (χ1n) is 5.21. The Kier molecular flexibility index (Phi) is 1.90. The standard InChI is InChI=1S/C14H12O2/c1-15-9-6-7-11-12(8-9)10-4-3-5-13(16-2)14(10)11/h3-8H,1-2H3. The largest absolute Gasteiger partial charge is 0.497 e. The molecule has 0 radical (unpaired) electrons. The fourth-order valence-electron chi connectivity index (χ4n) is 2.23. The fraction of sp³-hybridized carbons (Fsp3) is 0.143. The molecular weight excluding hydrogens is 200 g/mol. The maximum atomic E-state index is 5.36. The average Bonchev–Trinajstić information content (AvgIpc) is 2.34. The predicted octanol–water partition coefficient (Wildman–Crippen LogP) is 3.35. The van der Waals surface area contributed by atoms with Crippen LogP contribution in [0.25, 0.3) is 22.3 Å². The van der Waals surface area contributed by atoms with Crippen molar-refractivity contribution in [3.63, 3.8) is 0 Å². The highest BCUT2D eigenvalue weighted by Gasteiger charge is 2.25. The van der Waals surface area contributed by atoms with Crippen molar-refractivity contribution < 1.29 is 9.47 Å². The smallest absolute Gasteiger partial charge is 0.127 e. The van der Waals surface area contributed by atoms with Gasteiger partial charge in [0.15, 0.2) is 0 Å². The second-order valence-electron chi connectivity index (χ2n) is 3.79. The summed E-state index contributed by atoms with van der Waals surface area (Å²) in [5.74, 6) is 1.84. The molecule has 0 heterocycles. The molecule has 2 nitrogen and oxygen atoms in total. The van der Waals surface area contributed by atoms with Crippen LogP contribution in [0.4, 0.5) is 0 Å². The molecule has 0 bridgehead atoms. The van der Waals surface area contributed by atoms with Crippen LogP contribution in [0.1, 0.15) is 0 Å². The SMILES string of the molecule is COc1ccc2c(c1)-c1cccc(OC)c1-2. The molecule has 0 saturated heterocycles. The van der Waals surface area contributed by atoms with E-state index in [1.165, 1.54) is 22.3 Å². The van der Waals surface area contributed by atoms with Crippen LogP contribution in [-0.2, 0) is 0 Å². The molecule has 0 fully saturated rings. The molecular formula is C14H12O2. The second kappa shape index (κ2) is 3.27. The Morgan fingerprint density at radius 2 is 1.69 bits per heavy atom. The number of methoxy groups -OCH3 is 2. The molecule has 0 saturated carbocycles. The van der Waals surface area contributed by atoms with Crippen molar-refractivity contribution in [1.29, 1.82) is 0 Å². The van der Waals surface area contributed by atoms with Gasteiger partial charge in [-0.15, -0.1) is 0 Å². The topological polar surface area (TPSA) is 18.5 Å². The van der Waals surface area contributed by atoms with Gasteiger partial charge in [0.05, 0.1) is 14.2 Å². The normalized spacial score (nSPS) is 11.1. The predicted molar refractivity (Wildman–Crippen MR) is 64.0 cm³/mol. The van der Waals surface area contributed by atoms with Gasteiger partial charge in [-0.05, 0) is 41.0 Å². The summed E-state index contributed by atoms with van der Waals surface area (Å²) in [5, 5.41) is 0. The molecule has 0 unspecified atom stereocenters. The Labute approximate surface area is 94.4 Å². The summed E-state index contributed by atoms with van der Waals surface area (Å²) in [6.07, 6.45) is 0. The van der Waals surface area contributed by atoms with E-state index in [1.807, 2.05) is 18.2 Å². The summed E-state index contributed by atoms with van der Waals surface area (Å²) in [7, 11) is 3.39. The molecule has 0 spiro atoms. The van der Waals surface area contributed by atoms with Crippen molar-refractivity contribution in [2.24, 2.45) is 0 Å². The number of benzene rings is 2. The first kappa shape index (κ1) is 9.28. The molecule has 0 amide bonds. The van der Waals surface area contributed by atoms with E-state index < -0.39 is 0 Å². The van der Waals surface area contributed by atoms with E-state index in [1.54, 1.807) is 14.2 Å². The molecule has 0 atom stereocenters. The minimum absolute atomic E-state index is 0.896. The zero-order chi connectivity index (χ0) is 11.1. The molecule has 3 rings (SSSR count). The Hall–Kier alpha value is -1.96. The van der Waals surface area contributed by atoms with Crippen molar-refractivity contribution in [3.05, 3.63) is 36.4 Å². The zero-order valence-electron chi connectivity index (χ0n) is 9.28. The van der Waals surface area contributed by atoms with Gasteiger partial charge >= 0.3 is 0 Å². The quantitative estimate of drug-likeness (QED) is 0.648. The van der Waals surface area contributed by atoms with Gasteiger partial charge in [-0.2, -0.15) is 0 Å². The molecule has 16 heavy (non-hydrogen) atoms. The Bertz CT molecular complexity index is 559. The summed E-state index contributed by atoms with van der Waals surface area (Å²) in [6.45, 7) is 0. The van der Waals surface area contributed by atoms with E-state index in [0.717, 1.165) is 11.5 Å². The molecule has 2 heteroatoms. The van der Waals surface area contributed by atoms with Gasteiger partial charge in [-0.1, -0.05) is 12.1 Å². The summed E-state index contributed by atoms with van der Waals surface area (Å²) >= 11 is 0. The van der Waals surface area contributed by atoms with Gasteiger partial charge in [0.2, 0.25) is 0 Å². The molecule has 2 aromatic carbocycles. The van der Waals surface area contributed by atoms with E-state index in [2.05, 4.69) is 18.2 Å². The summed E-state index contributed by atoms with van der Waals surface area (Å²) < 4.78 is 10.6. The van der Waals surface area contributed by atoms with Crippen LogP contribution in [0, 0.1) is 0 Å². The second-order valence-corrected chi connectivity index (χ2v) is 3.79. The first-order chi connectivity index (χ1) is 7.85. The molecule has 2 aromatic rings. The van der Waals surface area contributed by atoms with Gasteiger partial charge in [0.25, 0.3) is 0 Å². The number of ether oxygens (including phenoxy) is 2. The third-order valence-corrected chi connectivity index (χ3v) is 3.03. The lowest BCUT2D eigenvalue weighted by atomic mass is 9.80. The van der Waals surface area contributed by atoms with Crippen LogP contribution in [0.3, 0.4) is 0 Å². The fourth-order valence-corrected chi connectivity index (χ4v) is 2.23. The van der Waals surface area contributed by atoms with Crippen molar-refractivity contribution in [1.82, 2.24) is 0 Å². The first-order valence-corrected chi connectivity index (χ1v) is 5.21. The highest BCUT2D eigenvalue weighted by Crippen LogP contribution is 2.52. The highest BCUT2D eigenvalue weighted by atomic mass is 16.5. The van der Waals surface area contributed by atoms with Gasteiger partial charge in [0.1, 0.15) is 11.5 Å². The van der Waals surface area contributed by atoms with E-state index in [9.17, 15) is 0 Å². The van der Waals surface area contributed by atoms with Crippen molar-refractivity contribution in [2.75, 3.05) is 14.2 Å². The molecule has 80 valence electrons. The third kappa shape index (κ3) is 1.07. The summed E-state index contributed by atoms with van der Waals surface area (Å²) in [4.78, 5) is 0. The molecule has 0 aliphatic heterocycles. The van der Waals surface area contributed by atoms with Gasteiger partial charge in [-0.3, -0.25) is 0 Å². The number of hydrogen-bond acceptors (Lipinski definition) is 2. The average molecular weight is 212 g/mol. The molecule has 0 N–H and O–H groups in total. The van der Waals surface area contributed by atoms with Crippen molar-refractivity contribution in [2.45, 2.75) is 0 Å². The van der Waals surface area contributed by atoms with Gasteiger partial charge in [-0.25, -0.2) is 0 Å². The monoisotopic (exact) mass is 212 g/mol. The summed E-state index contributed by atoms with van der Waals surface area (Å²) in [6, 6.07) is 12.2. The van der Waals surface area contributed by atoms with Gasteiger partial charge in [0, 0.05) is 5.56 Å². The Balaban J connectivity index is 2.17. The number of hydrogen-bond donors (Lipinski definition) is 0. The van der Waals surface area contributed by atoms with E-state index in [4.69, 9.17) is 9.47 Å². The lowest BCUT2D eigenvalue weighted by Gasteiger charge is -2.26. The maximum Gasteiger partial charge on any atom is 0.127 e. The van der Waals surface area contributed by atoms with Crippen LogP contribution >= 0.6 is 0 Å². The van der Waals surface area contributed by atoms with Crippen molar-refractivity contribution >= 4 is 0 Å². The number of rotatable bonds is 2. The molecule has 1 aliphatic rings. The van der Waals surface area contributed by atoms with Gasteiger partial charge < -0.3 is 9.47 Å². The zero-order valence-corrected chi connectivity index (χ0v) is 9.28. The summed E-state index contributed by atoms with van der Waals surface area (Å²) in [5.41, 5.74) is 4.94. The van der Waals surface area contributed by atoms with Crippen LogP contribution in [-0.4, -0.2) is 14.2 Å². The van der Waals surface area contributed by atoms with Crippen LogP contribution in [0.2, 0.25) is 0 Å².